The second-order valence-electron chi connectivity index (χ2n) is 5.15. The van der Waals surface area contributed by atoms with E-state index in [1.54, 1.807) is 28.9 Å². The average molecular weight is 296 g/mol. The number of aryl methyl sites for hydroxylation is 1. The maximum Gasteiger partial charge on any atom is 0.276 e. The van der Waals surface area contributed by atoms with Crippen LogP contribution in [-0.4, -0.2) is 39.6 Å². The van der Waals surface area contributed by atoms with Crippen LogP contribution >= 0.6 is 0 Å². The van der Waals surface area contributed by atoms with Crippen LogP contribution < -0.4 is 10.2 Å². The predicted molar refractivity (Wildman–Crippen MR) is 84.2 cm³/mol. The van der Waals surface area contributed by atoms with Crippen molar-refractivity contribution in [1.82, 2.24) is 19.6 Å². The summed E-state index contributed by atoms with van der Waals surface area (Å²) in [5.74, 6) is -0.0725. The summed E-state index contributed by atoms with van der Waals surface area (Å²) in [6, 6.07) is 7.17. The Morgan fingerprint density at radius 3 is 2.82 bits per heavy atom. The molecule has 0 radical (unpaired) electrons. The van der Waals surface area contributed by atoms with Crippen molar-refractivity contribution in [2.45, 2.75) is 6.92 Å². The monoisotopic (exact) mass is 296 g/mol. The van der Waals surface area contributed by atoms with Gasteiger partial charge >= 0.3 is 0 Å². The van der Waals surface area contributed by atoms with Crippen molar-refractivity contribution in [3.63, 3.8) is 0 Å². The van der Waals surface area contributed by atoms with Gasteiger partial charge in [0.2, 0.25) is 5.95 Å². The summed E-state index contributed by atoms with van der Waals surface area (Å²) >= 11 is 0. The van der Waals surface area contributed by atoms with Gasteiger partial charge in [0.05, 0.1) is 11.9 Å². The molecule has 112 valence electrons. The number of carbonyl (C=O) groups excluding carboxylic acids is 1. The molecule has 3 heterocycles. The van der Waals surface area contributed by atoms with Gasteiger partial charge < -0.3 is 4.90 Å². The Balaban J connectivity index is 1.92. The van der Waals surface area contributed by atoms with Crippen LogP contribution in [0.1, 0.15) is 16.1 Å². The van der Waals surface area contributed by atoms with Crippen LogP contribution in [0.25, 0.3) is 5.65 Å². The molecule has 3 rings (SSSR count). The van der Waals surface area contributed by atoms with Crippen LogP contribution in [0, 0.1) is 6.92 Å². The number of hydrogen-bond donors (Lipinski definition) is 1. The molecule has 3 aromatic heterocycles. The lowest BCUT2D eigenvalue weighted by Gasteiger charge is -2.12. The minimum Gasteiger partial charge on any atom is -0.376 e. The van der Waals surface area contributed by atoms with E-state index in [4.69, 9.17) is 0 Å². The number of nitrogens with zero attached hydrogens (tertiary/aromatic N) is 5. The maximum atomic E-state index is 12.1. The summed E-state index contributed by atoms with van der Waals surface area (Å²) in [6.07, 6.45) is 3.44. The summed E-state index contributed by atoms with van der Waals surface area (Å²) in [4.78, 5) is 22.4. The van der Waals surface area contributed by atoms with Crippen LogP contribution in [0.2, 0.25) is 0 Å². The van der Waals surface area contributed by atoms with Gasteiger partial charge in [0, 0.05) is 20.3 Å². The molecular formula is C15H16N6O. The van der Waals surface area contributed by atoms with E-state index in [1.807, 2.05) is 38.2 Å². The fourth-order valence-electron chi connectivity index (χ4n) is 2.09. The highest BCUT2D eigenvalue weighted by atomic mass is 16.2. The molecular weight excluding hydrogens is 280 g/mol. The summed E-state index contributed by atoms with van der Waals surface area (Å²) in [5, 5.41) is 6.97. The molecule has 7 heteroatoms. The van der Waals surface area contributed by atoms with Crippen molar-refractivity contribution in [3.05, 3.63) is 47.9 Å². The molecule has 0 saturated heterocycles. The van der Waals surface area contributed by atoms with E-state index in [2.05, 4.69) is 20.4 Å². The zero-order valence-corrected chi connectivity index (χ0v) is 12.6. The van der Waals surface area contributed by atoms with Gasteiger partial charge in [-0.25, -0.2) is 4.52 Å². The third kappa shape index (κ3) is 2.60. The highest BCUT2D eigenvalue weighted by Gasteiger charge is 2.12. The fourth-order valence-corrected chi connectivity index (χ4v) is 2.09. The fraction of sp³-hybridized carbons (Fsp3) is 0.200. The third-order valence-corrected chi connectivity index (χ3v) is 3.24. The number of anilines is 2. The molecule has 0 unspecified atom stereocenters. The van der Waals surface area contributed by atoms with Gasteiger partial charge in [-0.15, -0.1) is 5.10 Å². The van der Waals surface area contributed by atoms with Crippen molar-refractivity contribution in [3.8, 4) is 0 Å². The smallest absolute Gasteiger partial charge is 0.276 e. The molecule has 0 aromatic carbocycles. The summed E-state index contributed by atoms with van der Waals surface area (Å²) in [7, 11) is 3.92. The highest BCUT2D eigenvalue weighted by Crippen LogP contribution is 2.18. The van der Waals surface area contributed by atoms with E-state index < -0.39 is 0 Å². The summed E-state index contributed by atoms with van der Waals surface area (Å²) < 4.78 is 1.67. The molecule has 0 saturated carbocycles. The lowest BCUT2D eigenvalue weighted by atomic mass is 10.2. The molecule has 0 aliphatic heterocycles. The quantitative estimate of drug-likeness (QED) is 0.797. The summed E-state index contributed by atoms with van der Waals surface area (Å²) in [6.45, 7) is 1.96. The Bertz CT molecular complexity index is 825. The number of aromatic nitrogens is 4. The van der Waals surface area contributed by atoms with Crippen LogP contribution in [0.4, 0.5) is 11.6 Å². The lowest BCUT2D eigenvalue weighted by Crippen LogP contribution is -2.14. The normalized spacial score (nSPS) is 10.7. The molecule has 1 amide bonds. The molecule has 3 aromatic rings. The van der Waals surface area contributed by atoms with Crippen molar-refractivity contribution in [1.29, 1.82) is 0 Å². The van der Waals surface area contributed by atoms with Gasteiger partial charge in [-0.3, -0.25) is 15.1 Å². The number of nitrogens with one attached hydrogen (secondary N) is 1. The molecule has 1 N–H and O–H groups in total. The Labute approximate surface area is 127 Å². The minimum absolute atomic E-state index is 0.259. The molecule has 0 aliphatic rings. The van der Waals surface area contributed by atoms with E-state index in [1.165, 1.54) is 0 Å². The first-order chi connectivity index (χ1) is 10.5. The van der Waals surface area contributed by atoms with Gasteiger partial charge in [-0.2, -0.15) is 4.98 Å². The lowest BCUT2D eigenvalue weighted by molar-refractivity contribution is 0.102. The SMILES string of the molecule is Cc1cc(N(C)C)cn2nc(NC(=O)c3ccccn3)nc12. The zero-order valence-electron chi connectivity index (χ0n) is 12.6. The molecule has 0 fully saturated rings. The average Bonchev–Trinajstić information content (AvgIpc) is 2.91. The number of carbonyl (C=O) groups is 1. The number of hydrogen-bond acceptors (Lipinski definition) is 5. The van der Waals surface area contributed by atoms with Crippen LogP contribution in [0.15, 0.2) is 36.7 Å². The first kappa shape index (κ1) is 14.0. The van der Waals surface area contributed by atoms with Gasteiger partial charge in [0.25, 0.3) is 5.91 Å². The Hall–Kier alpha value is -2.96. The number of pyridine rings is 2. The number of amides is 1. The zero-order chi connectivity index (χ0) is 15.7. The Kier molecular flexibility index (Phi) is 3.46. The Morgan fingerprint density at radius 2 is 2.14 bits per heavy atom. The van der Waals surface area contributed by atoms with Crippen molar-refractivity contribution in [2.24, 2.45) is 0 Å². The second-order valence-corrected chi connectivity index (χ2v) is 5.15. The molecule has 7 nitrogen and oxygen atoms in total. The van der Waals surface area contributed by atoms with Gasteiger partial charge in [-0.1, -0.05) is 6.07 Å². The standard InChI is InChI=1S/C15H16N6O/c1-10-8-11(20(2)3)9-21-13(10)17-15(19-21)18-14(22)12-6-4-5-7-16-12/h4-9H,1-3H3,(H,18,19,22). The number of rotatable bonds is 3. The predicted octanol–water partition coefficient (Wildman–Crippen LogP) is 1.75. The molecule has 0 atom stereocenters. The van der Waals surface area contributed by atoms with E-state index in [9.17, 15) is 4.79 Å². The molecule has 0 aliphatic carbocycles. The molecule has 0 spiro atoms. The second kappa shape index (κ2) is 5.44. The van der Waals surface area contributed by atoms with Crippen LogP contribution in [0.3, 0.4) is 0 Å². The first-order valence-corrected chi connectivity index (χ1v) is 6.81. The Morgan fingerprint density at radius 1 is 1.32 bits per heavy atom. The van der Waals surface area contributed by atoms with E-state index >= 15 is 0 Å². The van der Waals surface area contributed by atoms with Crippen LogP contribution in [-0.2, 0) is 0 Å². The molecule has 0 bridgehead atoms. The third-order valence-electron chi connectivity index (χ3n) is 3.24. The summed E-state index contributed by atoms with van der Waals surface area (Å²) in [5.41, 5.74) is 3.03. The van der Waals surface area contributed by atoms with Crippen molar-refractivity contribution in [2.75, 3.05) is 24.3 Å². The molecule has 22 heavy (non-hydrogen) atoms. The van der Waals surface area contributed by atoms with Crippen LogP contribution in [0.5, 0.6) is 0 Å². The maximum absolute atomic E-state index is 12.1. The van der Waals surface area contributed by atoms with Gasteiger partial charge in [0.15, 0.2) is 5.65 Å². The first-order valence-electron chi connectivity index (χ1n) is 6.81. The number of fused-ring (bicyclic) bond motifs is 1. The largest absolute Gasteiger partial charge is 0.376 e. The minimum atomic E-state index is -0.331. The van der Waals surface area contributed by atoms with Gasteiger partial charge in [-0.05, 0) is 30.7 Å². The van der Waals surface area contributed by atoms with Gasteiger partial charge in [0.1, 0.15) is 5.69 Å². The van der Waals surface area contributed by atoms with Crippen molar-refractivity contribution < 1.29 is 4.79 Å². The van der Waals surface area contributed by atoms with E-state index in [0.29, 0.717) is 11.3 Å². The topological polar surface area (TPSA) is 75.4 Å². The van der Waals surface area contributed by atoms with E-state index in [-0.39, 0.29) is 11.9 Å². The van der Waals surface area contributed by atoms with Crippen molar-refractivity contribution >= 4 is 23.2 Å². The van der Waals surface area contributed by atoms with E-state index in [0.717, 1.165) is 11.3 Å². The highest BCUT2D eigenvalue weighted by molar-refractivity contribution is 6.01.